The van der Waals surface area contributed by atoms with E-state index < -0.39 is 0 Å². The number of nitrogens with one attached hydrogen (secondary N) is 1. The van der Waals surface area contributed by atoms with Gasteiger partial charge in [0.05, 0.1) is 0 Å². The van der Waals surface area contributed by atoms with Gasteiger partial charge in [0.15, 0.2) is 0 Å². The fraction of sp³-hybridized carbons (Fsp3) is 0.650. The predicted octanol–water partition coefficient (Wildman–Crippen LogP) is 4.22. The summed E-state index contributed by atoms with van der Waals surface area (Å²) in [5.41, 5.74) is 2.55. The average Bonchev–Trinajstić information content (AvgIpc) is 2.56. The summed E-state index contributed by atoms with van der Waals surface area (Å²) in [5, 5.41) is 3.45. The highest BCUT2D eigenvalue weighted by atomic mass is 35.5. The number of carbonyl (C=O) groups is 1. The van der Waals surface area contributed by atoms with Crippen molar-refractivity contribution in [2.24, 2.45) is 11.8 Å². The lowest BCUT2D eigenvalue weighted by atomic mass is 9.85. The first-order valence-electron chi connectivity index (χ1n) is 9.01. The topological polar surface area (TPSA) is 32.3 Å². The maximum absolute atomic E-state index is 12.5. The molecule has 0 aromatic heterocycles. The maximum atomic E-state index is 12.5. The summed E-state index contributed by atoms with van der Waals surface area (Å²) in [6, 6.07) is 8.64. The summed E-state index contributed by atoms with van der Waals surface area (Å²) in [6.45, 7) is 9.52. The molecular formula is C20H33ClN2O. The van der Waals surface area contributed by atoms with Crippen LogP contribution in [-0.2, 0) is 11.3 Å². The van der Waals surface area contributed by atoms with Crippen molar-refractivity contribution < 1.29 is 4.79 Å². The molecule has 1 aliphatic rings. The summed E-state index contributed by atoms with van der Waals surface area (Å²) in [5.74, 6) is 1.91. The van der Waals surface area contributed by atoms with Crippen molar-refractivity contribution in [3.8, 4) is 0 Å². The van der Waals surface area contributed by atoms with Crippen molar-refractivity contribution in [2.75, 3.05) is 20.1 Å². The standard InChI is InChI=1S/C20H32N2O.ClH/c1-15(2)18-9-7-17(8-10-18)14-22(4)20(23)12-16(3)19-6-5-11-21-13-19;/h7-10,15-16,19,21H,5-6,11-14H2,1-4H3;1H. The molecule has 0 bridgehead atoms. The molecule has 1 amide bonds. The normalized spacial score (nSPS) is 18.8. The Balaban J connectivity index is 0.00000288. The first kappa shape index (κ1) is 21.0. The van der Waals surface area contributed by atoms with E-state index in [1.165, 1.54) is 24.0 Å². The van der Waals surface area contributed by atoms with Crippen molar-refractivity contribution in [2.45, 2.75) is 52.5 Å². The molecule has 136 valence electrons. The van der Waals surface area contributed by atoms with Crippen LogP contribution < -0.4 is 5.32 Å². The Morgan fingerprint density at radius 2 is 1.92 bits per heavy atom. The van der Waals surface area contributed by atoms with Crippen LogP contribution in [0.25, 0.3) is 0 Å². The van der Waals surface area contributed by atoms with Gasteiger partial charge in [-0.2, -0.15) is 0 Å². The van der Waals surface area contributed by atoms with Gasteiger partial charge in [-0.3, -0.25) is 4.79 Å². The third-order valence-corrected chi connectivity index (χ3v) is 5.13. The Bertz CT molecular complexity index is 495. The highest BCUT2D eigenvalue weighted by molar-refractivity contribution is 5.85. The highest BCUT2D eigenvalue weighted by Crippen LogP contribution is 2.23. The summed E-state index contributed by atoms with van der Waals surface area (Å²) in [7, 11) is 1.92. The zero-order valence-electron chi connectivity index (χ0n) is 15.5. The first-order valence-corrected chi connectivity index (χ1v) is 9.01. The fourth-order valence-corrected chi connectivity index (χ4v) is 3.33. The molecule has 1 aromatic rings. The number of benzene rings is 1. The Morgan fingerprint density at radius 3 is 2.46 bits per heavy atom. The Morgan fingerprint density at radius 1 is 1.25 bits per heavy atom. The van der Waals surface area contributed by atoms with E-state index in [0.29, 0.717) is 30.7 Å². The van der Waals surface area contributed by atoms with Gasteiger partial charge in [-0.25, -0.2) is 0 Å². The summed E-state index contributed by atoms with van der Waals surface area (Å²) < 4.78 is 0. The van der Waals surface area contributed by atoms with Crippen molar-refractivity contribution in [1.29, 1.82) is 0 Å². The lowest BCUT2D eigenvalue weighted by Crippen LogP contribution is -2.36. The van der Waals surface area contributed by atoms with Gasteiger partial charge < -0.3 is 10.2 Å². The van der Waals surface area contributed by atoms with E-state index in [1.807, 2.05) is 11.9 Å². The van der Waals surface area contributed by atoms with Gasteiger partial charge in [-0.15, -0.1) is 12.4 Å². The summed E-state index contributed by atoms with van der Waals surface area (Å²) in [4.78, 5) is 14.4. The molecule has 3 nitrogen and oxygen atoms in total. The van der Waals surface area contributed by atoms with Crippen LogP contribution >= 0.6 is 12.4 Å². The molecule has 2 atom stereocenters. The second-order valence-electron chi connectivity index (χ2n) is 7.43. The zero-order valence-corrected chi connectivity index (χ0v) is 16.4. The molecule has 1 aliphatic heterocycles. The van der Waals surface area contributed by atoms with Crippen LogP contribution in [0.5, 0.6) is 0 Å². The molecule has 24 heavy (non-hydrogen) atoms. The zero-order chi connectivity index (χ0) is 16.8. The lowest BCUT2D eigenvalue weighted by Gasteiger charge is -2.29. The van der Waals surface area contributed by atoms with Crippen LogP contribution in [0, 0.1) is 11.8 Å². The van der Waals surface area contributed by atoms with Crippen molar-refractivity contribution in [3.05, 3.63) is 35.4 Å². The minimum absolute atomic E-state index is 0. The second kappa shape index (κ2) is 10.0. The van der Waals surface area contributed by atoms with E-state index in [0.717, 1.165) is 13.1 Å². The van der Waals surface area contributed by atoms with Gasteiger partial charge in [-0.05, 0) is 54.8 Å². The van der Waals surface area contributed by atoms with Gasteiger partial charge >= 0.3 is 0 Å². The molecule has 1 heterocycles. The largest absolute Gasteiger partial charge is 0.341 e. The van der Waals surface area contributed by atoms with Gasteiger partial charge in [0.1, 0.15) is 0 Å². The molecule has 2 unspecified atom stereocenters. The van der Waals surface area contributed by atoms with Gasteiger partial charge in [0.2, 0.25) is 5.91 Å². The monoisotopic (exact) mass is 352 g/mol. The van der Waals surface area contributed by atoms with E-state index in [1.54, 1.807) is 0 Å². The summed E-state index contributed by atoms with van der Waals surface area (Å²) >= 11 is 0. The molecule has 0 spiro atoms. The molecule has 0 saturated carbocycles. The van der Waals surface area contributed by atoms with E-state index in [-0.39, 0.29) is 18.3 Å². The van der Waals surface area contributed by atoms with Crippen LogP contribution in [0.1, 0.15) is 57.1 Å². The molecular weight excluding hydrogens is 320 g/mol. The van der Waals surface area contributed by atoms with Crippen LogP contribution in [-0.4, -0.2) is 30.9 Å². The van der Waals surface area contributed by atoms with Crippen molar-refractivity contribution in [1.82, 2.24) is 10.2 Å². The highest BCUT2D eigenvalue weighted by Gasteiger charge is 2.23. The average molecular weight is 353 g/mol. The van der Waals surface area contributed by atoms with E-state index >= 15 is 0 Å². The van der Waals surface area contributed by atoms with E-state index in [2.05, 4.69) is 50.4 Å². The minimum atomic E-state index is 0. The van der Waals surface area contributed by atoms with E-state index in [9.17, 15) is 4.79 Å². The van der Waals surface area contributed by atoms with Gasteiger partial charge in [-0.1, -0.05) is 45.0 Å². The van der Waals surface area contributed by atoms with E-state index in [4.69, 9.17) is 0 Å². The number of halogens is 1. The van der Waals surface area contributed by atoms with Crippen LogP contribution in [0.3, 0.4) is 0 Å². The Hall–Kier alpha value is -1.06. The van der Waals surface area contributed by atoms with Crippen molar-refractivity contribution in [3.63, 3.8) is 0 Å². The molecule has 0 radical (unpaired) electrons. The van der Waals surface area contributed by atoms with Gasteiger partial charge in [0.25, 0.3) is 0 Å². The van der Waals surface area contributed by atoms with Crippen molar-refractivity contribution >= 4 is 18.3 Å². The summed E-state index contributed by atoms with van der Waals surface area (Å²) in [6.07, 6.45) is 3.15. The Labute approximate surface area is 153 Å². The number of amides is 1. The van der Waals surface area contributed by atoms with Crippen LogP contribution in [0.15, 0.2) is 24.3 Å². The lowest BCUT2D eigenvalue weighted by molar-refractivity contribution is -0.131. The second-order valence-corrected chi connectivity index (χ2v) is 7.43. The number of piperidine rings is 1. The SMILES string of the molecule is CC(C)c1ccc(CN(C)C(=O)CC(C)C2CCCNC2)cc1.Cl. The molecule has 4 heteroatoms. The predicted molar refractivity (Wildman–Crippen MR) is 104 cm³/mol. The molecule has 0 aliphatic carbocycles. The van der Waals surface area contributed by atoms with Gasteiger partial charge in [0, 0.05) is 20.0 Å². The first-order chi connectivity index (χ1) is 11.0. The van der Waals surface area contributed by atoms with Crippen LogP contribution in [0.2, 0.25) is 0 Å². The molecule has 1 fully saturated rings. The number of hydrogen-bond acceptors (Lipinski definition) is 2. The number of nitrogens with zero attached hydrogens (tertiary/aromatic N) is 1. The number of carbonyl (C=O) groups excluding carboxylic acids is 1. The third kappa shape index (κ3) is 6.10. The molecule has 1 aromatic carbocycles. The molecule has 1 N–H and O–H groups in total. The third-order valence-electron chi connectivity index (χ3n) is 5.13. The molecule has 1 saturated heterocycles. The smallest absolute Gasteiger partial charge is 0.222 e. The minimum Gasteiger partial charge on any atom is -0.341 e. The maximum Gasteiger partial charge on any atom is 0.222 e. The van der Waals surface area contributed by atoms with Crippen LogP contribution in [0.4, 0.5) is 0 Å². The molecule has 2 rings (SSSR count). The number of hydrogen-bond donors (Lipinski definition) is 1. The number of rotatable bonds is 6. The fourth-order valence-electron chi connectivity index (χ4n) is 3.33. The quantitative estimate of drug-likeness (QED) is 0.831. The Kier molecular flexibility index (Phi) is 8.79.